The van der Waals surface area contributed by atoms with Gasteiger partial charge < -0.3 is 14.7 Å². The SMILES string of the molecule is O=C1Cc2c(-c3ccc(OCc4ccccc4)cc3O)cccc2N1C(c1ccccc1)c1ccccc1. The van der Waals surface area contributed by atoms with Crippen molar-refractivity contribution in [1.29, 1.82) is 0 Å². The smallest absolute Gasteiger partial charge is 0.232 e. The van der Waals surface area contributed by atoms with E-state index in [-0.39, 0.29) is 24.1 Å². The molecule has 5 aromatic carbocycles. The Kier molecular flexibility index (Phi) is 6.37. The molecule has 0 aliphatic carbocycles. The van der Waals surface area contributed by atoms with Crippen LogP contribution in [0.2, 0.25) is 0 Å². The van der Waals surface area contributed by atoms with Crippen molar-refractivity contribution in [3.63, 3.8) is 0 Å². The number of hydrogen-bond acceptors (Lipinski definition) is 3. The second-order valence-corrected chi connectivity index (χ2v) is 9.42. The molecule has 0 atom stereocenters. The van der Waals surface area contributed by atoms with Gasteiger partial charge in [0.2, 0.25) is 5.91 Å². The molecule has 0 unspecified atom stereocenters. The zero-order valence-electron chi connectivity index (χ0n) is 20.8. The first kappa shape index (κ1) is 23.6. The normalized spacial score (nSPS) is 12.6. The van der Waals surface area contributed by atoms with E-state index in [2.05, 4.69) is 24.3 Å². The van der Waals surface area contributed by atoms with Gasteiger partial charge in [-0.15, -0.1) is 0 Å². The van der Waals surface area contributed by atoms with Crippen molar-refractivity contribution in [2.24, 2.45) is 0 Å². The first-order chi connectivity index (χ1) is 18.7. The molecule has 0 aromatic heterocycles. The number of ether oxygens (including phenoxy) is 1. The summed E-state index contributed by atoms with van der Waals surface area (Å²) in [6, 6.07) is 41.2. The fraction of sp³-hybridized carbons (Fsp3) is 0.0882. The Hall–Kier alpha value is -4.83. The van der Waals surface area contributed by atoms with Crippen LogP contribution in [0.3, 0.4) is 0 Å². The molecule has 1 amide bonds. The average Bonchev–Trinajstić information content (AvgIpc) is 3.30. The molecule has 4 nitrogen and oxygen atoms in total. The largest absolute Gasteiger partial charge is 0.507 e. The Morgan fingerprint density at radius 2 is 1.34 bits per heavy atom. The van der Waals surface area contributed by atoms with Crippen LogP contribution in [0.1, 0.15) is 28.3 Å². The van der Waals surface area contributed by atoms with Gasteiger partial charge in [-0.2, -0.15) is 0 Å². The number of hydrogen-bond donors (Lipinski definition) is 1. The molecule has 0 spiro atoms. The highest BCUT2D eigenvalue weighted by Crippen LogP contribution is 2.45. The highest BCUT2D eigenvalue weighted by atomic mass is 16.5. The minimum atomic E-state index is -0.247. The van der Waals surface area contributed by atoms with Crippen molar-refractivity contribution in [2.45, 2.75) is 19.1 Å². The first-order valence-electron chi connectivity index (χ1n) is 12.7. The van der Waals surface area contributed by atoms with Crippen LogP contribution in [0, 0.1) is 0 Å². The van der Waals surface area contributed by atoms with Crippen LogP contribution in [0.15, 0.2) is 127 Å². The molecule has 186 valence electrons. The molecule has 1 N–H and O–H groups in total. The summed E-state index contributed by atoms with van der Waals surface area (Å²) in [5.74, 6) is 0.749. The lowest BCUT2D eigenvalue weighted by molar-refractivity contribution is -0.117. The van der Waals surface area contributed by atoms with Crippen molar-refractivity contribution in [3.05, 3.63) is 150 Å². The third-order valence-corrected chi connectivity index (χ3v) is 7.00. The number of phenolic OH excluding ortho intramolecular Hbond substituents is 1. The predicted octanol–water partition coefficient (Wildman–Crippen LogP) is 7.32. The van der Waals surface area contributed by atoms with Gasteiger partial charge in [-0.1, -0.05) is 103 Å². The van der Waals surface area contributed by atoms with Crippen molar-refractivity contribution in [3.8, 4) is 22.6 Å². The second kappa shape index (κ2) is 10.3. The number of anilines is 1. The summed E-state index contributed by atoms with van der Waals surface area (Å²) in [6.45, 7) is 0.421. The maximum atomic E-state index is 13.6. The van der Waals surface area contributed by atoms with E-state index in [4.69, 9.17) is 4.74 Å². The Labute approximate surface area is 222 Å². The molecule has 5 aromatic rings. The van der Waals surface area contributed by atoms with Gasteiger partial charge in [-0.05, 0) is 46.0 Å². The van der Waals surface area contributed by atoms with Crippen LogP contribution in [-0.4, -0.2) is 11.0 Å². The fourth-order valence-electron chi connectivity index (χ4n) is 5.22. The van der Waals surface area contributed by atoms with Gasteiger partial charge in [0, 0.05) is 17.3 Å². The lowest BCUT2D eigenvalue weighted by Crippen LogP contribution is -2.32. The second-order valence-electron chi connectivity index (χ2n) is 9.42. The van der Waals surface area contributed by atoms with E-state index in [1.165, 1.54) is 0 Å². The van der Waals surface area contributed by atoms with E-state index in [0.717, 1.165) is 33.5 Å². The molecule has 1 heterocycles. The molecule has 0 saturated heterocycles. The van der Waals surface area contributed by atoms with Gasteiger partial charge in [0.05, 0.1) is 12.5 Å². The van der Waals surface area contributed by atoms with Crippen molar-refractivity contribution >= 4 is 11.6 Å². The maximum Gasteiger partial charge on any atom is 0.232 e. The van der Waals surface area contributed by atoms with E-state index in [9.17, 15) is 9.90 Å². The molecule has 0 fully saturated rings. The summed E-state index contributed by atoms with van der Waals surface area (Å²) in [7, 11) is 0. The van der Waals surface area contributed by atoms with E-state index in [0.29, 0.717) is 17.9 Å². The van der Waals surface area contributed by atoms with Crippen LogP contribution in [-0.2, 0) is 17.8 Å². The van der Waals surface area contributed by atoms with Gasteiger partial charge in [-0.25, -0.2) is 0 Å². The molecule has 0 saturated carbocycles. The first-order valence-corrected chi connectivity index (χ1v) is 12.7. The third kappa shape index (κ3) is 4.53. The summed E-state index contributed by atoms with van der Waals surface area (Å²) in [5.41, 5.74) is 6.48. The summed E-state index contributed by atoms with van der Waals surface area (Å²) >= 11 is 0. The monoisotopic (exact) mass is 497 g/mol. The quantitative estimate of drug-likeness (QED) is 0.256. The van der Waals surface area contributed by atoms with Crippen molar-refractivity contribution in [1.82, 2.24) is 0 Å². The molecule has 4 heteroatoms. The van der Waals surface area contributed by atoms with Crippen LogP contribution in [0.25, 0.3) is 11.1 Å². The minimum Gasteiger partial charge on any atom is -0.507 e. The van der Waals surface area contributed by atoms with Gasteiger partial charge in [0.25, 0.3) is 0 Å². The Bertz CT molecular complexity index is 1530. The number of amides is 1. The summed E-state index contributed by atoms with van der Waals surface area (Å²) < 4.78 is 5.90. The Balaban J connectivity index is 1.36. The number of fused-ring (bicyclic) bond motifs is 1. The zero-order chi connectivity index (χ0) is 25.9. The van der Waals surface area contributed by atoms with Crippen molar-refractivity contribution in [2.75, 3.05) is 4.90 Å². The number of carbonyl (C=O) groups is 1. The molecule has 0 radical (unpaired) electrons. The standard InChI is InChI=1S/C34H27NO3/c36-32-21-27(38-23-24-11-4-1-5-12-24)19-20-29(32)28-17-10-18-31-30(28)22-33(37)35(31)34(25-13-6-2-7-14-25)26-15-8-3-9-16-26/h1-21,34,36H,22-23H2. The minimum absolute atomic E-state index is 0.0347. The Morgan fingerprint density at radius 3 is 1.97 bits per heavy atom. The predicted molar refractivity (Wildman–Crippen MR) is 150 cm³/mol. The van der Waals surface area contributed by atoms with E-state index in [1.807, 2.05) is 102 Å². The lowest BCUT2D eigenvalue weighted by Gasteiger charge is -2.30. The van der Waals surface area contributed by atoms with Crippen LogP contribution in [0.4, 0.5) is 5.69 Å². The molecule has 0 bridgehead atoms. The molecule has 38 heavy (non-hydrogen) atoms. The van der Waals surface area contributed by atoms with E-state index in [1.54, 1.807) is 6.07 Å². The molecule has 1 aliphatic heterocycles. The van der Waals surface area contributed by atoms with Gasteiger partial charge in [0.15, 0.2) is 0 Å². The highest BCUT2D eigenvalue weighted by Gasteiger charge is 2.36. The topological polar surface area (TPSA) is 49.8 Å². The fourth-order valence-corrected chi connectivity index (χ4v) is 5.22. The molecule has 6 rings (SSSR count). The van der Waals surface area contributed by atoms with Gasteiger partial charge in [0.1, 0.15) is 18.1 Å². The number of nitrogens with zero attached hydrogens (tertiary/aromatic N) is 1. The van der Waals surface area contributed by atoms with Crippen LogP contribution in [0.5, 0.6) is 11.5 Å². The number of carbonyl (C=O) groups excluding carboxylic acids is 1. The number of benzene rings is 5. The molecule has 1 aliphatic rings. The maximum absolute atomic E-state index is 13.6. The highest BCUT2D eigenvalue weighted by molar-refractivity contribution is 6.05. The zero-order valence-corrected chi connectivity index (χ0v) is 20.8. The van der Waals surface area contributed by atoms with Gasteiger partial charge in [-0.3, -0.25) is 4.79 Å². The number of aromatic hydroxyl groups is 1. The summed E-state index contributed by atoms with van der Waals surface area (Å²) in [4.78, 5) is 15.5. The molecular weight excluding hydrogens is 470 g/mol. The van der Waals surface area contributed by atoms with Crippen molar-refractivity contribution < 1.29 is 14.6 Å². The van der Waals surface area contributed by atoms with E-state index >= 15 is 0 Å². The number of rotatable bonds is 7. The van der Waals surface area contributed by atoms with Crippen LogP contribution >= 0.6 is 0 Å². The van der Waals surface area contributed by atoms with Crippen LogP contribution < -0.4 is 9.64 Å². The Morgan fingerprint density at radius 1 is 0.711 bits per heavy atom. The molecular formula is C34H27NO3. The summed E-state index contributed by atoms with van der Waals surface area (Å²) in [6.07, 6.45) is 0.271. The average molecular weight is 498 g/mol. The summed E-state index contributed by atoms with van der Waals surface area (Å²) in [5, 5.41) is 11.0. The van der Waals surface area contributed by atoms with E-state index < -0.39 is 0 Å². The number of phenols is 1. The van der Waals surface area contributed by atoms with Gasteiger partial charge >= 0.3 is 0 Å². The third-order valence-electron chi connectivity index (χ3n) is 7.00. The lowest BCUT2D eigenvalue weighted by atomic mass is 9.95.